The minimum Gasteiger partial charge on any atom is -0.480 e. The second-order valence-electron chi connectivity index (χ2n) is 14.7. The number of benzene rings is 3. The summed E-state index contributed by atoms with van der Waals surface area (Å²) in [6, 6.07) is 22.0. The van der Waals surface area contributed by atoms with Crippen LogP contribution in [0.1, 0.15) is 46.6 Å². The number of carbonyl (C=O) groups is 2. The Kier molecular flexibility index (Phi) is 15.5. The summed E-state index contributed by atoms with van der Waals surface area (Å²) in [5.41, 5.74) is 0.818. The van der Waals surface area contributed by atoms with Gasteiger partial charge in [0.2, 0.25) is 16.4 Å². The van der Waals surface area contributed by atoms with Gasteiger partial charge in [0.15, 0.2) is 12.4 Å². The molecule has 2 N–H and O–H groups in total. The second kappa shape index (κ2) is 20.1. The van der Waals surface area contributed by atoms with Gasteiger partial charge in [-0.05, 0) is 81.5 Å². The van der Waals surface area contributed by atoms with Crippen LogP contribution in [0.2, 0.25) is 0 Å². The first-order valence-electron chi connectivity index (χ1n) is 19.0. The summed E-state index contributed by atoms with van der Waals surface area (Å²) in [5.74, 6) is -0.562. The van der Waals surface area contributed by atoms with Crippen molar-refractivity contribution in [3.8, 4) is 11.5 Å². The highest BCUT2D eigenvalue weighted by Crippen LogP contribution is 2.49. The molecule has 0 aliphatic carbocycles. The number of amides is 1. The first-order chi connectivity index (χ1) is 27.1. The monoisotopic (exact) mass is 832 g/mol. The van der Waals surface area contributed by atoms with Gasteiger partial charge < -0.3 is 38.6 Å². The number of rotatable bonds is 20. The van der Waals surface area contributed by atoms with E-state index in [2.05, 4.69) is 5.32 Å². The zero-order valence-electron chi connectivity index (χ0n) is 32.8. The summed E-state index contributed by atoms with van der Waals surface area (Å²) < 4.78 is 82.5. The molecule has 57 heavy (non-hydrogen) atoms. The molecular formula is C40H53N2O13PS. The minimum atomic E-state index is -4.20. The molecule has 2 heterocycles. The number of fused-ring (bicyclic) bond motifs is 1. The van der Waals surface area contributed by atoms with Gasteiger partial charge in [0, 0.05) is 13.1 Å². The maximum absolute atomic E-state index is 14.1. The van der Waals surface area contributed by atoms with E-state index in [0.29, 0.717) is 13.0 Å². The van der Waals surface area contributed by atoms with Crippen LogP contribution in [0.25, 0.3) is 0 Å². The Labute approximate surface area is 334 Å². The van der Waals surface area contributed by atoms with Crippen molar-refractivity contribution in [1.82, 2.24) is 9.62 Å². The Bertz CT molecular complexity index is 1900. The van der Waals surface area contributed by atoms with Crippen LogP contribution >= 0.6 is 7.60 Å². The summed E-state index contributed by atoms with van der Waals surface area (Å²) in [6.07, 6.45) is -4.39. The molecule has 1 amide bonds. The van der Waals surface area contributed by atoms with Crippen LogP contribution in [0.4, 0.5) is 4.79 Å². The molecule has 312 valence electrons. The predicted molar refractivity (Wildman–Crippen MR) is 209 cm³/mol. The zero-order chi connectivity index (χ0) is 41.2. The van der Waals surface area contributed by atoms with Crippen LogP contribution in [0, 0.1) is 11.8 Å². The van der Waals surface area contributed by atoms with E-state index in [1.807, 2.05) is 44.2 Å². The molecule has 7 atom stereocenters. The van der Waals surface area contributed by atoms with Crippen molar-refractivity contribution in [2.24, 2.45) is 11.8 Å². The molecule has 17 heteroatoms. The minimum absolute atomic E-state index is 0.0669. The Morgan fingerprint density at radius 1 is 0.912 bits per heavy atom. The molecule has 0 spiro atoms. The molecule has 0 aromatic heterocycles. The van der Waals surface area contributed by atoms with Crippen LogP contribution in [0.3, 0.4) is 0 Å². The van der Waals surface area contributed by atoms with Crippen molar-refractivity contribution >= 4 is 29.7 Å². The first kappa shape index (κ1) is 44.1. The maximum atomic E-state index is 14.1. The topological polar surface area (TPSA) is 185 Å². The first-order valence-corrected chi connectivity index (χ1v) is 22.2. The highest BCUT2D eigenvalue weighted by atomic mass is 32.2. The second-order valence-corrected chi connectivity index (χ2v) is 18.5. The van der Waals surface area contributed by atoms with Gasteiger partial charge in [-0.3, -0.25) is 4.52 Å². The summed E-state index contributed by atoms with van der Waals surface area (Å²) in [6.45, 7) is 8.89. The number of nitrogens with one attached hydrogen (secondary N) is 1. The summed E-state index contributed by atoms with van der Waals surface area (Å²) in [5, 5.41) is 14.4. The van der Waals surface area contributed by atoms with E-state index in [-0.39, 0.29) is 54.3 Å². The number of aliphatic hydroxyl groups excluding tert-OH is 1. The van der Waals surface area contributed by atoms with Crippen molar-refractivity contribution in [2.75, 3.05) is 32.7 Å². The van der Waals surface area contributed by atoms with E-state index in [9.17, 15) is 27.7 Å². The lowest BCUT2D eigenvalue weighted by Crippen LogP contribution is -2.51. The average molecular weight is 833 g/mol. The van der Waals surface area contributed by atoms with Gasteiger partial charge in [-0.15, -0.1) is 0 Å². The molecule has 15 nitrogen and oxygen atoms in total. The van der Waals surface area contributed by atoms with E-state index in [1.54, 1.807) is 44.2 Å². The fourth-order valence-corrected chi connectivity index (χ4v) is 9.47. The van der Waals surface area contributed by atoms with E-state index in [4.69, 9.17) is 32.7 Å². The number of ether oxygens (including phenoxy) is 5. The van der Waals surface area contributed by atoms with E-state index in [1.165, 1.54) is 35.5 Å². The summed E-state index contributed by atoms with van der Waals surface area (Å²) >= 11 is 0. The fourth-order valence-electron chi connectivity index (χ4n) is 6.38. The van der Waals surface area contributed by atoms with Crippen LogP contribution < -0.4 is 14.6 Å². The van der Waals surface area contributed by atoms with E-state index < -0.39 is 72.8 Å². The largest absolute Gasteiger partial charge is 0.480 e. The van der Waals surface area contributed by atoms with Crippen molar-refractivity contribution in [3.63, 3.8) is 0 Å². The number of hydrogen-bond donors (Lipinski definition) is 2. The number of para-hydroxylation sites is 1. The molecule has 3 aromatic carbocycles. The van der Waals surface area contributed by atoms with Gasteiger partial charge in [0.25, 0.3) is 0 Å². The number of esters is 1. The van der Waals surface area contributed by atoms with Gasteiger partial charge in [-0.1, -0.05) is 62.4 Å². The Hall–Kier alpha value is -4.02. The number of aliphatic hydroxyl groups is 1. The van der Waals surface area contributed by atoms with Crippen LogP contribution in [-0.2, 0) is 49.3 Å². The SMILES string of the molecule is CC(C)CN(C[C@@H](O)[C@H](Cc1ccccc1)NC(=O)O[C@H]1CO[C@H]2OCC[C@H]21)S(=O)(=O)c1ccc(OCP(=O)(Oc2ccccc2)O[C@@H](C)C(=O)OC(C)C)cc1. The van der Waals surface area contributed by atoms with Crippen molar-refractivity contribution in [2.45, 2.75) is 89.1 Å². The molecule has 2 aliphatic heterocycles. The van der Waals surface area contributed by atoms with E-state index >= 15 is 0 Å². The molecule has 2 fully saturated rings. The highest BCUT2D eigenvalue weighted by molar-refractivity contribution is 7.89. The van der Waals surface area contributed by atoms with E-state index in [0.717, 1.165) is 5.56 Å². The Balaban J connectivity index is 1.28. The molecule has 2 saturated heterocycles. The quantitative estimate of drug-likeness (QED) is 0.104. The van der Waals surface area contributed by atoms with Crippen molar-refractivity contribution in [3.05, 3.63) is 90.5 Å². The lowest BCUT2D eigenvalue weighted by Gasteiger charge is -2.31. The Morgan fingerprint density at radius 3 is 2.23 bits per heavy atom. The number of hydrogen-bond acceptors (Lipinski definition) is 13. The lowest BCUT2D eigenvalue weighted by atomic mass is 10.0. The fraction of sp³-hybridized carbons (Fsp3) is 0.500. The Morgan fingerprint density at radius 2 is 1.58 bits per heavy atom. The van der Waals surface area contributed by atoms with Crippen LogP contribution in [0.5, 0.6) is 11.5 Å². The maximum Gasteiger partial charge on any atom is 0.417 e. The third-order valence-electron chi connectivity index (χ3n) is 9.11. The van der Waals surface area contributed by atoms with Gasteiger partial charge in [0.05, 0.1) is 42.3 Å². The third-order valence-corrected chi connectivity index (χ3v) is 12.5. The molecule has 5 rings (SSSR count). The molecule has 1 unspecified atom stereocenters. The molecule has 3 aromatic rings. The average Bonchev–Trinajstić information content (AvgIpc) is 3.79. The number of carbonyl (C=O) groups excluding carboxylic acids is 2. The zero-order valence-corrected chi connectivity index (χ0v) is 34.5. The van der Waals surface area contributed by atoms with Gasteiger partial charge in [0.1, 0.15) is 17.6 Å². The molecule has 0 bridgehead atoms. The van der Waals surface area contributed by atoms with Crippen LogP contribution in [0.15, 0.2) is 89.8 Å². The van der Waals surface area contributed by atoms with Gasteiger partial charge >= 0.3 is 19.7 Å². The predicted octanol–water partition coefficient (Wildman–Crippen LogP) is 5.76. The van der Waals surface area contributed by atoms with Crippen molar-refractivity contribution in [1.29, 1.82) is 0 Å². The van der Waals surface area contributed by atoms with Gasteiger partial charge in [-0.25, -0.2) is 22.6 Å². The molecule has 0 radical (unpaired) electrons. The van der Waals surface area contributed by atoms with Crippen LogP contribution in [-0.4, -0.2) is 99.3 Å². The summed E-state index contributed by atoms with van der Waals surface area (Å²) in [4.78, 5) is 25.6. The molecular weight excluding hydrogens is 779 g/mol. The smallest absolute Gasteiger partial charge is 0.417 e. The third kappa shape index (κ3) is 12.7. The highest BCUT2D eigenvalue weighted by Gasteiger charge is 2.44. The number of nitrogens with zero attached hydrogens (tertiary/aromatic N) is 1. The standard InChI is InChI=1S/C40H53N2O13PS/c1-27(2)23-42(24-36(43)35(22-30-12-8-6-9-13-30)41-40(45)53-37-25-50-39-34(37)20-21-49-39)57(47,48)33-18-16-31(17-19-33)51-26-56(46,55-32-14-10-7-11-15-32)54-29(5)38(44)52-28(3)4/h6-19,27-29,34-37,39,43H,20-26H2,1-5H3,(H,41,45)/t29-,34-,35-,36+,37-,39+,56?/m0/s1. The van der Waals surface area contributed by atoms with Crippen molar-refractivity contribution < 1.29 is 60.4 Å². The van der Waals surface area contributed by atoms with Gasteiger partial charge in [-0.2, -0.15) is 4.31 Å². The number of alkyl carbamates (subject to hydrolysis) is 1. The molecule has 2 aliphatic rings. The number of sulfonamides is 1. The summed E-state index contributed by atoms with van der Waals surface area (Å²) in [7, 11) is -8.34. The normalized spacial score (nSPS) is 20.7. The lowest BCUT2D eigenvalue weighted by molar-refractivity contribution is -0.155. The molecule has 0 saturated carbocycles.